The van der Waals surface area contributed by atoms with Crippen LogP contribution in [0.4, 0.5) is 0 Å². The van der Waals surface area contributed by atoms with Gasteiger partial charge in [-0.3, -0.25) is 4.79 Å². The van der Waals surface area contributed by atoms with Gasteiger partial charge in [0.2, 0.25) is 0 Å². The highest BCUT2D eigenvalue weighted by molar-refractivity contribution is 5.78. The minimum atomic E-state index is -0.492. The Morgan fingerprint density at radius 2 is 1.00 bits per heavy atom. The molecular weight excluding hydrogens is 336 g/mol. The molecule has 0 amide bonds. The number of rotatable bonds is 21. The molecule has 3 nitrogen and oxygen atoms in total. The summed E-state index contributed by atoms with van der Waals surface area (Å²) in [5.74, 6) is 0.0992. The Labute approximate surface area is 169 Å². The lowest BCUT2D eigenvalue weighted by Gasteiger charge is -2.12. The van der Waals surface area contributed by atoms with Crippen LogP contribution in [0.1, 0.15) is 136 Å². The van der Waals surface area contributed by atoms with Crippen molar-refractivity contribution in [3.05, 3.63) is 0 Å². The second kappa shape index (κ2) is 20.3. The lowest BCUT2D eigenvalue weighted by molar-refractivity contribution is -0.121. The van der Waals surface area contributed by atoms with Gasteiger partial charge in [0, 0.05) is 12.8 Å². The molecule has 162 valence electrons. The standard InChI is InChI=1S/C24H48O3/c1-3-5-7-9-10-11-12-14-15-17-22(25)19-20-24(27)21-23(26)18-16-13-8-6-4-2/h22-23,25-26H,3-21H2,1-2H3. The van der Waals surface area contributed by atoms with Crippen LogP contribution in [-0.2, 0) is 4.79 Å². The SMILES string of the molecule is CCCCCCCCCCCC(O)CCC(=O)CC(O)CCCCCCC. The highest BCUT2D eigenvalue weighted by Crippen LogP contribution is 2.15. The number of carbonyl (C=O) groups is 1. The second-order valence-corrected chi connectivity index (χ2v) is 8.41. The Kier molecular flexibility index (Phi) is 20.0. The first-order chi connectivity index (χ1) is 13.1. The molecular formula is C24H48O3. The third-order valence-corrected chi connectivity index (χ3v) is 5.50. The average Bonchev–Trinajstić information content (AvgIpc) is 2.65. The molecule has 0 aromatic carbocycles. The van der Waals surface area contributed by atoms with Crippen molar-refractivity contribution in [1.82, 2.24) is 0 Å². The van der Waals surface area contributed by atoms with Crippen LogP contribution in [0.5, 0.6) is 0 Å². The summed E-state index contributed by atoms with van der Waals surface area (Å²) in [6.45, 7) is 4.44. The predicted molar refractivity (Wildman–Crippen MR) is 116 cm³/mol. The van der Waals surface area contributed by atoms with Crippen molar-refractivity contribution in [1.29, 1.82) is 0 Å². The van der Waals surface area contributed by atoms with Crippen LogP contribution >= 0.6 is 0 Å². The number of unbranched alkanes of at least 4 members (excludes halogenated alkanes) is 12. The van der Waals surface area contributed by atoms with Crippen molar-refractivity contribution in [3.8, 4) is 0 Å². The highest BCUT2D eigenvalue weighted by Gasteiger charge is 2.13. The third kappa shape index (κ3) is 20.1. The first-order valence-corrected chi connectivity index (χ1v) is 12.0. The summed E-state index contributed by atoms with van der Waals surface area (Å²) >= 11 is 0. The minimum Gasteiger partial charge on any atom is -0.393 e. The van der Waals surface area contributed by atoms with Crippen LogP contribution in [0.25, 0.3) is 0 Å². The van der Waals surface area contributed by atoms with Crippen molar-refractivity contribution < 1.29 is 15.0 Å². The normalized spacial score (nSPS) is 13.6. The summed E-state index contributed by atoms with van der Waals surface area (Å²) in [6, 6.07) is 0. The maximum Gasteiger partial charge on any atom is 0.135 e. The molecule has 2 atom stereocenters. The van der Waals surface area contributed by atoms with Gasteiger partial charge in [-0.05, 0) is 19.3 Å². The van der Waals surface area contributed by atoms with Gasteiger partial charge in [0.25, 0.3) is 0 Å². The van der Waals surface area contributed by atoms with E-state index in [1.165, 1.54) is 70.6 Å². The van der Waals surface area contributed by atoms with E-state index in [2.05, 4.69) is 13.8 Å². The fourth-order valence-corrected chi connectivity index (χ4v) is 3.61. The minimum absolute atomic E-state index is 0.0992. The van der Waals surface area contributed by atoms with Gasteiger partial charge in [0.1, 0.15) is 5.78 Å². The van der Waals surface area contributed by atoms with Gasteiger partial charge in [0.05, 0.1) is 12.2 Å². The molecule has 0 rings (SSSR count). The smallest absolute Gasteiger partial charge is 0.135 e. The number of aliphatic hydroxyl groups excluding tert-OH is 2. The molecule has 3 heteroatoms. The molecule has 0 spiro atoms. The molecule has 2 N–H and O–H groups in total. The summed E-state index contributed by atoms with van der Waals surface area (Å²) in [7, 11) is 0. The summed E-state index contributed by atoms with van der Waals surface area (Å²) in [6.07, 6.45) is 19.4. The zero-order valence-electron chi connectivity index (χ0n) is 18.4. The van der Waals surface area contributed by atoms with E-state index in [1.807, 2.05) is 0 Å². The lowest BCUT2D eigenvalue weighted by Crippen LogP contribution is -2.15. The summed E-state index contributed by atoms with van der Waals surface area (Å²) in [5.41, 5.74) is 0. The van der Waals surface area contributed by atoms with E-state index < -0.39 is 6.10 Å². The first-order valence-electron chi connectivity index (χ1n) is 12.0. The highest BCUT2D eigenvalue weighted by atomic mass is 16.3. The molecule has 27 heavy (non-hydrogen) atoms. The number of ketones is 1. The van der Waals surface area contributed by atoms with Crippen molar-refractivity contribution in [2.45, 2.75) is 148 Å². The lowest BCUT2D eigenvalue weighted by atomic mass is 9.99. The fraction of sp³-hybridized carbons (Fsp3) is 0.958. The zero-order valence-corrected chi connectivity index (χ0v) is 18.4. The molecule has 0 saturated carbocycles. The van der Waals surface area contributed by atoms with Crippen molar-refractivity contribution in [3.63, 3.8) is 0 Å². The average molecular weight is 385 g/mol. The van der Waals surface area contributed by atoms with E-state index in [4.69, 9.17) is 0 Å². The molecule has 0 saturated heterocycles. The van der Waals surface area contributed by atoms with Gasteiger partial charge >= 0.3 is 0 Å². The van der Waals surface area contributed by atoms with E-state index in [-0.39, 0.29) is 18.3 Å². The molecule has 0 fully saturated rings. The first kappa shape index (κ1) is 26.6. The van der Waals surface area contributed by atoms with E-state index >= 15 is 0 Å². The fourth-order valence-electron chi connectivity index (χ4n) is 3.61. The molecule has 0 heterocycles. The molecule has 0 aliphatic carbocycles. The maximum absolute atomic E-state index is 11.9. The number of Topliss-reactive ketones (excluding diaryl/α,β-unsaturated/α-hetero) is 1. The van der Waals surface area contributed by atoms with Crippen molar-refractivity contribution in [2.75, 3.05) is 0 Å². The summed E-state index contributed by atoms with van der Waals surface area (Å²) in [4.78, 5) is 11.9. The van der Waals surface area contributed by atoms with Crippen LogP contribution in [-0.4, -0.2) is 28.2 Å². The van der Waals surface area contributed by atoms with Crippen LogP contribution in [0, 0.1) is 0 Å². The topological polar surface area (TPSA) is 57.5 Å². The van der Waals surface area contributed by atoms with E-state index in [9.17, 15) is 15.0 Å². The summed E-state index contributed by atoms with van der Waals surface area (Å²) < 4.78 is 0. The molecule has 0 aliphatic heterocycles. The number of carbonyl (C=O) groups excluding carboxylic acids is 1. The monoisotopic (exact) mass is 384 g/mol. The largest absolute Gasteiger partial charge is 0.393 e. The van der Waals surface area contributed by atoms with Crippen molar-refractivity contribution >= 4 is 5.78 Å². The Hall–Kier alpha value is -0.410. The van der Waals surface area contributed by atoms with Crippen LogP contribution in [0.15, 0.2) is 0 Å². The van der Waals surface area contributed by atoms with Gasteiger partial charge in [-0.1, -0.05) is 104 Å². The van der Waals surface area contributed by atoms with Gasteiger partial charge < -0.3 is 10.2 Å². The number of hydrogen-bond acceptors (Lipinski definition) is 3. The molecule has 0 aliphatic rings. The number of aliphatic hydroxyl groups is 2. The molecule has 0 radical (unpaired) electrons. The Bertz CT molecular complexity index is 317. The molecule has 0 aromatic heterocycles. The second-order valence-electron chi connectivity index (χ2n) is 8.41. The molecule has 2 unspecified atom stereocenters. The quantitative estimate of drug-likeness (QED) is 0.216. The van der Waals surface area contributed by atoms with Crippen LogP contribution in [0.2, 0.25) is 0 Å². The Morgan fingerprint density at radius 1 is 0.593 bits per heavy atom. The Balaban J connectivity index is 3.46. The number of hydrogen-bond donors (Lipinski definition) is 2. The molecule has 0 bridgehead atoms. The zero-order chi connectivity index (χ0) is 20.2. The van der Waals surface area contributed by atoms with E-state index in [0.29, 0.717) is 12.8 Å². The third-order valence-electron chi connectivity index (χ3n) is 5.50. The summed E-state index contributed by atoms with van der Waals surface area (Å²) in [5, 5.41) is 20.0. The Morgan fingerprint density at radius 3 is 1.48 bits per heavy atom. The van der Waals surface area contributed by atoms with Crippen molar-refractivity contribution in [2.24, 2.45) is 0 Å². The van der Waals surface area contributed by atoms with E-state index in [0.717, 1.165) is 32.1 Å². The van der Waals surface area contributed by atoms with Gasteiger partial charge in [-0.25, -0.2) is 0 Å². The predicted octanol–water partition coefficient (Wildman–Crippen LogP) is 6.73. The van der Waals surface area contributed by atoms with E-state index in [1.54, 1.807) is 0 Å². The molecule has 0 aromatic rings. The van der Waals surface area contributed by atoms with Gasteiger partial charge in [0.15, 0.2) is 0 Å². The van der Waals surface area contributed by atoms with Crippen LogP contribution in [0.3, 0.4) is 0 Å². The van der Waals surface area contributed by atoms with Gasteiger partial charge in [-0.15, -0.1) is 0 Å². The van der Waals surface area contributed by atoms with Gasteiger partial charge in [-0.2, -0.15) is 0 Å². The maximum atomic E-state index is 11.9. The van der Waals surface area contributed by atoms with Crippen LogP contribution < -0.4 is 0 Å².